The average molecular weight is 325 g/mol. The molecule has 0 radical (unpaired) electrons. The summed E-state index contributed by atoms with van der Waals surface area (Å²) in [5, 5.41) is 3.04. The Kier molecular flexibility index (Phi) is 3.68. The van der Waals surface area contributed by atoms with Crippen LogP contribution in [0.15, 0.2) is 28.7 Å². The number of nitrogens with zero attached hydrogens (tertiary/aromatic N) is 1. The van der Waals surface area contributed by atoms with Crippen molar-refractivity contribution in [1.29, 1.82) is 0 Å². The second kappa shape index (κ2) is 5.74. The normalized spacial score (nSPS) is 28.3. The fraction of sp³-hybridized carbons (Fsp3) is 0.474. The van der Waals surface area contributed by atoms with Gasteiger partial charge in [-0.3, -0.25) is 4.79 Å². The van der Waals surface area contributed by atoms with Gasteiger partial charge in [0.1, 0.15) is 5.76 Å². The Hall–Kier alpha value is -2.14. The third kappa shape index (κ3) is 2.53. The zero-order valence-electron chi connectivity index (χ0n) is 14.1. The van der Waals surface area contributed by atoms with E-state index < -0.39 is 0 Å². The molecule has 126 valence electrons. The molecule has 1 aromatic heterocycles. The molecule has 2 saturated carbocycles. The van der Waals surface area contributed by atoms with Gasteiger partial charge in [0.15, 0.2) is 0 Å². The van der Waals surface area contributed by atoms with Crippen LogP contribution < -0.4 is 11.1 Å². The van der Waals surface area contributed by atoms with Crippen LogP contribution in [-0.2, 0) is 4.79 Å². The first kappa shape index (κ1) is 15.4. The zero-order valence-corrected chi connectivity index (χ0v) is 14.1. The van der Waals surface area contributed by atoms with Crippen LogP contribution in [0.2, 0.25) is 0 Å². The molecule has 1 heterocycles. The van der Waals surface area contributed by atoms with Gasteiger partial charge in [-0.25, -0.2) is 4.98 Å². The number of aryl methyl sites for hydroxylation is 2. The maximum Gasteiger partial charge on any atom is 0.229 e. The standard InChI is InChI=1S/C19H23N3O2/c1-10-11(2)24-19(21-10)14-4-3-5-15(9-14)22-18(23)16-12-6-7-13(8-12)17(16)20/h3-5,9,12-13,16-17H,6-8,20H2,1-2H3,(H,22,23). The number of nitrogens with one attached hydrogen (secondary N) is 1. The molecule has 4 unspecified atom stereocenters. The van der Waals surface area contributed by atoms with Crippen LogP contribution in [0.5, 0.6) is 0 Å². The Balaban J connectivity index is 1.53. The van der Waals surface area contributed by atoms with Crippen LogP contribution in [-0.4, -0.2) is 16.9 Å². The van der Waals surface area contributed by atoms with Gasteiger partial charge in [0.25, 0.3) is 0 Å². The third-order valence-corrected chi connectivity index (χ3v) is 5.69. The Bertz CT molecular complexity index is 761. The molecule has 2 aliphatic carbocycles. The molecule has 5 heteroatoms. The lowest BCUT2D eigenvalue weighted by Crippen LogP contribution is -2.42. The third-order valence-electron chi connectivity index (χ3n) is 5.69. The first-order chi connectivity index (χ1) is 11.5. The molecule has 24 heavy (non-hydrogen) atoms. The van der Waals surface area contributed by atoms with Crippen molar-refractivity contribution in [2.45, 2.75) is 39.2 Å². The molecule has 0 aliphatic heterocycles. The summed E-state index contributed by atoms with van der Waals surface area (Å²) in [5.74, 6) is 2.36. The molecular formula is C19H23N3O2. The summed E-state index contributed by atoms with van der Waals surface area (Å²) in [6, 6.07) is 7.64. The number of hydrogen-bond donors (Lipinski definition) is 2. The molecule has 3 N–H and O–H groups in total. The number of fused-ring (bicyclic) bond motifs is 2. The van der Waals surface area contributed by atoms with E-state index in [2.05, 4.69) is 10.3 Å². The molecule has 2 bridgehead atoms. The Morgan fingerprint density at radius 3 is 2.75 bits per heavy atom. The van der Waals surface area contributed by atoms with Crippen LogP contribution in [0.4, 0.5) is 5.69 Å². The molecule has 0 spiro atoms. The molecule has 2 aromatic rings. The van der Waals surface area contributed by atoms with E-state index in [1.54, 1.807) is 0 Å². The minimum atomic E-state index is -0.0568. The van der Waals surface area contributed by atoms with E-state index in [9.17, 15) is 4.79 Å². The number of nitrogens with two attached hydrogens (primary N) is 1. The van der Waals surface area contributed by atoms with Crippen molar-refractivity contribution in [3.8, 4) is 11.5 Å². The molecule has 1 aromatic carbocycles. The number of amides is 1. The number of anilines is 1. The van der Waals surface area contributed by atoms with Gasteiger partial charge >= 0.3 is 0 Å². The zero-order chi connectivity index (χ0) is 16.8. The summed E-state index contributed by atoms with van der Waals surface area (Å²) in [4.78, 5) is 17.1. The highest BCUT2D eigenvalue weighted by Gasteiger charge is 2.49. The fourth-order valence-corrected chi connectivity index (χ4v) is 4.28. The van der Waals surface area contributed by atoms with E-state index in [1.165, 1.54) is 6.42 Å². The average Bonchev–Trinajstić information content (AvgIpc) is 3.23. The van der Waals surface area contributed by atoms with Gasteiger partial charge < -0.3 is 15.5 Å². The summed E-state index contributed by atoms with van der Waals surface area (Å²) in [5.41, 5.74) is 8.78. The minimum absolute atomic E-state index is 0.00368. The summed E-state index contributed by atoms with van der Waals surface area (Å²) < 4.78 is 5.67. The van der Waals surface area contributed by atoms with Crippen molar-refractivity contribution < 1.29 is 9.21 Å². The molecular weight excluding hydrogens is 302 g/mol. The predicted molar refractivity (Wildman–Crippen MR) is 92.3 cm³/mol. The van der Waals surface area contributed by atoms with Gasteiger partial charge in [0.2, 0.25) is 11.8 Å². The van der Waals surface area contributed by atoms with Crippen molar-refractivity contribution in [2.75, 3.05) is 5.32 Å². The van der Waals surface area contributed by atoms with Crippen molar-refractivity contribution in [3.63, 3.8) is 0 Å². The summed E-state index contributed by atoms with van der Waals surface area (Å²) in [6.45, 7) is 3.82. The Labute approximate surface area is 141 Å². The molecule has 0 saturated heterocycles. The van der Waals surface area contributed by atoms with Crippen molar-refractivity contribution >= 4 is 11.6 Å². The summed E-state index contributed by atoms with van der Waals surface area (Å²) in [7, 11) is 0. The lowest BCUT2D eigenvalue weighted by atomic mass is 9.84. The lowest BCUT2D eigenvalue weighted by Gasteiger charge is -2.27. The van der Waals surface area contributed by atoms with Crippen LogP contribution in [0, 0.1) is 31.6 Å². The van der Waals surface area contributed by atoms with E-state index in [0.29, 0.717) is 17.7 Å². The first-order valence-corrected chi connectivity index (χ1v) is 8.64. The number of carbonyl (C=O) groups is 1. The molecule has 2 fully saturated rings. The number of rotatable bonds is 3. The quantitative estimate of drug-likeness (QED) is 0.907. The van der Waals surface area contributed by atoms with Gasteiger partial charge in [-0.15, -0.1) is 0 Å². The van der Waals surface area contributed by atoms with Gasteiger partial charge in [0.05, 0.1) is 11.6 Å². The predicted octanol–water partition coefficient (Wildman–Crippen LogP) is 3.27. The Morgan fingerprint density at radius 2 is 2.08 bits per heavy atom. The number of benzene rings is 1. The van der Waals surface area contributed by atoms with E-state index in [0.717, 1.165) is 35.5 Å². The smallest absolute Gasteiger partial charge is 0.229 e. The van der Waals surface area contributed by atoms with E-state index in [4.69, 9.17) is 10.2 Å². The van der Waals surface area contributed by atoms with Gasteiger partial charge in [-0.05, 0) is 63.1 Å². The summed E-state index contributed by atoms with van der Waals surface area (Å²) in [6.07, 6.45) is 3.41. The second-order valence-electron chi connectivity index (χ2n) is 7.17. The maximum atomic E-state index is 12.7. The van der Waals surface area contributed by atoms with Crippen LogP contribution in [0.3, 0.4) is 0 Å². The molecule has 4 rings (SSSR count). The molecule has 5 nitrogen and oxygen atoms in total. The Morgan fingerprint density at radius 1 is 1.29 bits per heavy atom. The molecule has 2 aliphatic rings. The van der Waals surface area contributed by atoms with Crippen LogP contribution >= 0.6 is 0 Å². The highest BCUT2D eigenvalue weighted by molar-refractivity contribution is 5.94. The van der Waals surface area contributed by atoms with Crippen molar-refractivity contribution in [3.05, 3.63) is 35.7 Å². The lowest BCUT2D eigenvalue weighted by molar-refractivity contribution is -0.121. The first-order valence-electron chi connectivity index (χ1n) is 8.64. The number of aromatic nitrogens is 1. The highest BCUT2D eigenvalue weighted by Crippen LogP contribution is 2.47. The summed E-state index contributed by atoms with van der Waals surface area (Å²) >= 11 is 0. The topological polar surface area (TPSA) is 81.2 Å². The van der Waals surface area contributed by atoms with Gasteiger partial charge in [0, 0.05) is 17.3 Å². The van der Waals surface area contributed by atoms with E-state index >= 15 is 0 Å². The molecule has 4 atom stereocenters. The highest BCUT2D eigenvalue weighted by atomic mass is 16.4. The van der Waals surface area contributed by atoms with E-state index in [-0.39, 0.29) is 17.9 Å². The monoisotopic (exact) mass is 325 g/mol. The SMILES string of the molecule is Cc1nc(-c2cccc(NC(=O)C3C4CCC(C4)C3N)c2)oc1C. The number of carbonyl (C=O) groups excluding carboxylic acids is 1. The molecule has 1 amide bonds. The fourth-order valence-electron chi connectivity index (χ4n) is 4.28. The maximum absolute atomic E-state index is 12.7. The number of hydrogen-bond acceptors (Lipinski definition) is 4. The van der Waals surface area contributed by atoms with Crippen molar-refractivity contribution in [2.24, 2.45) is 23.5 Å². The second-order valence-corrected chi connectivity index (χ2v) is 7.17. The van der Waals surface area contributed by atoms with Crippen LogP contribution in [0.25, 0.3) is 11.5 Å². The van der Waals surface area contributed by atoms with E-state index in [1.807, 2.05) is 38.1 Å². The van der Waals surface area contributed by atoms with Crippen molar-refractivity contribution in [1.82, 2.24) is 4.98 Å². The van der Waals surface area contributed by atoms with Gasteiger partial charge in [-0.2, -0.15) is 0 Å². The van der Waals surface area contributed by atoms with Crippen LogP contribution in [0.1, 0.15) is 30.7 Å². The van der Waals surface area contributed by atoms with Gasteiger partial charge in [-0.1, -0.05) is 6.07 Å². The minimum Gasteiger partial charge on any atom is -0.441 e. The number of oxazole rings is 1. The largest absolute Gasteiger partial charge is 0.441 e.